The van der Waals surface area contributed by atoms with Crippen LogP contribution >= 0.6 is 0 Å². The number of imidazole rings is 2. The largest absolute Gasteiger partial charge is 0.465 e. The molecule has 5 unspecified atom stereocenters. The molecule has 4 fully saturated rings. The van der Waals surface area contributed by atoms with Crippen LogP contribution < -0.4 is 5.32 Å². The number of aromatic amines is 2. The first-order valence-corrected chi connectivity index (χ1v) is 19.0. The maximum Gasteiger partial charge on any atom is 0.407 e. The number of fused-ring (bicyclic) bond motifs is 3. The summed E-state index contributed by atoms with van der Waals surface area (Å²) >= 11 is 0. The van der Waals surface area contributed by atoms with Crippen molar-refractivity contribution in [2.75, 3.05) is 20.2 Å². The van der Waals surface area contributed by atoms with Crippen molar-refractivity contribution in [1.29, 1.82) is 0 Å². The van der Waals surface area contributed by atoms with Gasteiger partial charge >= 0.3 is 12.2 Å². The summed E-state index contributed by atoms with van der Waals surface area (Å²) in [7, 11) is 1.42. The third-order valence-electron chi connectivity index (χ3n) is 12.6. The zero-order valence-corrected chi connectivity index (χ0v) is 30.5. The van der Waals surface area contributed by atoms with E-state index in [1.165, 1.54) is 26.4 Å². The van der Waals surface area contributed by atoms with E-state index in [4.69, 9.17) is 9.72 Å². The van der Waals surface area contributed by atoms with Crippen LogP contribution in [0.4, 0.5) is 9.59 Å². The number of hydrogen-bond donors (Lipinski definition) is 4. The number of amides is 2. The number of nitrogens with one attached hydrogen (secondary N) is 3. The highest BCUT2D eigenvalue weighted by Crippen LogP contribution is 2.58. The molecular weight excluding hydrogens is 667 g/mol. The highest BCUT2D eigenvalue weighted by atomic mass is 16.5. The first-order valence-electron chi connectivity index (χ1n) is 19.0. The number of H-pyrrole nitrogens is 2. The maximum atomic E-state index is 12.1. The van der Waals surface area contributed by atoms with E-state index in [9.17, 15) is 14.7 Å². The molecule has 4 heterocycles. The van der Waals surface area contributed by atoms with Crippen LogP contribution in [0.3, 0.4) is 0 Å². The molecule has 2 bridgehead atoms. The fourth-order valence-corrected chi connectivity index (χ4v) is 9.34. The van der Waals surface area contributed by atoms with E-state index in [-0.39, 0.29) is 35.6 Å². The van der Waals surface area contributed by atoms with Gasteiger partial charge in [0.25, 0.3) is 0 Å². The lowest BCUT2D eigenvalue weighted by molar-refractivity contribution is 0.104. The zero-order valence-electron chi connectivity index (χ0n) is 30.5. The van der Waals surface area contributed by atoms with Gasteiger partial charge in [0.05, 0.1) is 43.0 Å². The van der Waals surface area contributed by atoms with Crippen molar-refractivity contribution in [1.82, 2.24) is 35.1 Å². The van der Waals surface area contributed by atoms with Gasteiger partial charge in [-0.2, -0.15) is 0 Å². The highest BCUT2D eigenvalue weighted by Gasteiger charge is 2.54. The topological polar surface area (TPSA) is 139 Å². The second kappa shape index (κ2) is 13.1. The van der Waals surface area contributed by atoms with Gasteiger partial charge in [0.1, 0.15) is 11.6 Å². The zero-order chi connectivity index (χ0) is 36.4. The molecule has 5 aromatic rings. The van der Waals surface area contributed by atoms with E-state index in [1.807, 2.05) is 12.4 Å². The Hall–Kier alpha value is -5.16. The summed E-state index contributed by atoms with van der Waals surface area (Å²) < 4.78 is 4.92. The number of carbonyl (C=O) groups excluding carboxylic acids is 1. The van der Waals surface area contributed by atoms with Crippen molar-refractivity contribution in [3.8, 4) is 33.6 Å². The van der Waals surface area contributed by atoms with Crippen molar-refractivity contribution in [3.63, 3.8) is 0 Å². The predicted molar refractivity (Wildman–Crippen MR) is 203 cm³/mol. The quantitative estimate of drug-likeness (QED) is 0.120. The Balaban J connectivity index is 0.896. The molecule has 2 aliphatic heterocycles. The lowest BCUT2D eigenvalue weighted by atomic mass is 9.96. The maximum absolute atomic E-state index is 12.1. The van der Waals surface area contributed by atoms with Gasteiger partial charge in [-0.25, -0.2) is 19.6 Å². The molecule has 2 aliphatic carbocycles. The second-order valence-electron chi connectivity index (χ2n) is 16.2. The van der Waals surface area contributed by atoms with Crippen LogP contribution in [-0.2, 0) is 4.74 Å². The summed E-state index contributed by atoms with van der Waals surface area (Å²) in [5.74, 6) is 2.57. The average Bonchev–Trinajstić information content (AvgIpc) is 3.78. The Labute approximate surface area is 309 Å². The first kappa shape index (κ1) is 33.7. The van der Waals surface area contributed by atoms with Crippen molar-refractivity contribution in [2.45, 2.75) is 76.5 Å². The molecule has 274 valence electrons. The van der Waals surface area contributed by atoms with Gasteiger partial charge in [-0.3, -0.25) is 9.80 Å². The minimum absolute atomic E-state index is 0.00192. The average molecular weight is 714 g/mol. The first-order chi connectivity index (χ1) is 25.7. The number of alkyl carbamates (subject to hydrolysis) is 1. The van der Waals surface area contributed by atoms with Crippen LogP contribution in [0.1, 0.15) is 76.1 Å². The Kier molecular flexibility index (Phi) is 8.29. The molecule has 3 aromatic carbocycles. The second-order valence-corrected chi connectivity index (χ2v) is 16.2. The lowest BCUT2D eigenvalue weighted by Crippen LogP contribution is -2.49. The summed E-state index contributed by atoms with van der Waals surface area (Å²) in [5, 5.41) is 15.1. The fourth-order valence-electron chi connectivity index (χ4n) is 9.34. The Morgan fingerprint density at radius 3 is 2.25 bits per heavy atom. The van der Waals surface area contributed by atoms with Gasteiger partial charge in [0.2, 0.25) is 0 Å². The molecule has 9 rings (SSSR count). The number of aromatic nitrogens is 4. The molecular formula is C42H47N7O4. The monoisotopic (exact) mass is 713 g/mol. The van der Waals surface area contributed by atoms with Crippen LogP contribution in [0.2, 0.25) is 0 Å². The van der Waals surface area contributed by atoms with Crippen LogP contribution in [0.15, 0.2) is 73.1 Å². The van der Waals surface area contributed by atoms with E-state index in [0.717, 1.165) is 81.9 Å². The number of nitrogens with zero attached hydrogens (tertiary/aromatic N) is 4. The molecule has 2 aromatic heterocycles. The summed E-state index contributed by atoms with van der Waals surface area (Å²) in [4.78, 5) is 44.8. The number of carboxylic acid groups (broad SMARTS) is 1. The van der Waals surface area contributed by atoms with E-state index >= 15 is 0 Å². The van der Waals surface area contributed by atoms with Crippen LogP contribution in [0.25, 0.3) is 44.4 Å². The molecule has 4 aliphatic rings. The molecule has 11 nitrogen and oxygen atoms in total. The minimum Gasteiger partial charge on any atom is -0.465 e. The van der Waals surface area contributed by atoms with Crippen LogP contribution in [0, 0.1) is 17.3 Å². The molecule has 1 spiro atoms. The third kappa shape index (κ3) is 6.24. The Bertz CT molecular complexity index is 2170. The number of ether oxygens (including phenoxy) is 1. The summed E-state index contributed by atoms with van der Waals surface area (Å²) in [6, 6.07) is 22.1. The number of methoxy groups -OCH3 is 1. The summed E-state index contributed by atoms with van der Waals surface area (Å²) in [5.41, 5.74) is 6.47. The molecule has 0 radical (unpaired) electrons. The Morgan fingerprint density at radius 2 is 1.55 bits per heavy atom. The standard InChI is InChI=1S/C42H47N7O4/c1-24(2)35(47-40(50)53-3)22-48-32-13-12-31(18-32)37(48)39-44-20-33(46-39)26-6-4-25(5-7-26)27-8-9-29-17-30(11-10-28(29)16-27)34-21-43-38(45-34)36-19-42(14-15-42)23-49(36)41(51)52/h4-11,16-17,20-21,24,31-32,35-37H,12-15,18-19,22-23H2,1-3H3,(H,43,45)(H,44,46)(H,47,50)(H,51,52). The van der Waals surface area contributed by atoms with Gasteiger partial charge < -0.3 is 25.1 Å². The minimum atomic E-state index is -0.870. The molecule has 2 amide bonds. The predicted octanol–water partition coefficient (Wildman–Crippen LogP) is 8.40. The van der Waals surface area contributed by atoms with Crippen molar-refractivity contribution in [2.24, 2.45) is 17.3 Å². The number of likely N-dealkylation sites (tertiary alicyclic amines) is 2. The van der Waals surface area contributed by atoms with E-state index < -0.39 is 6.09 Å². The highest BCUT2D eigenvalue weighted by molar-refractivity contribution is 5.90. The smallest absolute Gasteiger partial charge is 0.407 e. The number of carbonyl (C=O) groups is 2. The van der Waals surface area contributed by atoms with Gasteiger partial charge in [-0.05, 0) is 95.4 Å². The number of piperidine rings is 1. The molecule has 5 atom stereocenters. The van der Waals surface area contributed by atoms with Crippen LogP contribution in [-0.4, -0.2) is 79.3 Å². The van der Waals surface area contributed by atoms with Gasteiger partial charge in [0, 0.05) is 30.7 Å². The third-order valence-corrected chi connectivity index (χ3v) is 12.6. The van der Waals surface area contributed by atoms with E-state index in [2.05, 4.69) is 99.7 Å². The van der Waals surface area contributed by atoms with Crippen molar-refractivity contribution in [3.05, 3.63) is 84.7 Å². The molecule has 4 N–H and O–H groups in total. The summed E-state index contributed by atoms with van der Waals surface area (Å²) in [6.07, 6.45) is 9.14. The number of hydrogen-bond acceptors (Lipinski definition) is 6. The van der Waals surface area contributed by atoms with Crippen molar-refractivity contribution >= 4 is 23.0 Å². The molecule has 11 heteroatoms. The number of rotatable bonds is 9. The van der Waals surface area contributed by atoms with E-state index in [0.29, 0.717) is 18.5 Å². The number of benzene rings is 3. The van der Waals surface area contributed by atoms with Gasteiger partial charge in [0.15, 0.2) is 0 Å². The van der Waals surface area contributed by atoms with Gasteiger partial charge in [-0.1, -0.05) is 62.4 Å². The lowest BCUT2D eigenvalue weighted by Gasteiger charge is -2.37. The molecule has 53 heavy (non-hydrogen) atoms. The van der Waals surface area contributed by atoms with Gasteiger partial charge in [-0.15, -0.1) is 0 Å². The molecule has 2 saturated heterocycles. The fraction of sp³-hybridized carbons (Fsp3) is 0.429. The Morgan fingerprint density at radius 1 is 0.906 bits per heavy atom. The van der Waals surface area contributed by atoms with E-state index in [1.54, 1.807) is 4.90 Å². The van der Waals surface area contributed by atoms with Crippen LogP contribution in [0.5, 0.6) is 0 Å². The summed E-state index contributed by atoms with van der Waals surface area (Å²) in [6.45, 7) is 5.66. The normalized spacial score (nSPS) is 23.7. The SMILES string of the molecule is COC(=O)NC(CN1C2CCC(C2)C1c1ncc(-c2ccc(-c3ccc4cc(-c5cnc(C6CC7(CC7)CN6C(=O)O)[nH]5)ccc4c3)cc2)[nH]1)C(C)C. The molecule has 2 saturated carbocycles. The van der Waals surface area contributed by atoms with Crippen molar-refractivity contribution < 1.29 is 19.4 Å².